The molecule has 1 aliphatic carbocycles. The predicted molar refractivity (Wildman–Crippen MR) is 70.8 cm³/mol. The zero-order chi connectivity index (χ0) is 14.0. The first-order valence-electron chi connectivity index (χ1n) is 6.63. The van der Waals surface area contributed by atoms with Crippen LogP contribution in [0.4, 0.5) is 0 Å². The van der Waals surface area contributed by atoms with Crippen LogP contribution < -0.4 is 0 Å². The van der Waals surface area contributed by atoms with Crippen molar-refractivity contribution >= 4 is 11.9 Å². The Morgan fingerprint density at radius 1 is 1.42 bits per heavy atom. The van der Waals surface area contributed by atoms with Crippen LogP contribution in [0.15, 0.2) is 12.1 Å². The lowest BCUT2D eigenvalue weighted by molar-refractivity contribution is -0.144. The molecule has 1 heterocycles. The molecule has 1 aromatic heterocycles. The average molecular weight is 264 g/mol. The van der Waals surface area contributed by atoms with Gasteiger partial charge < -0.3 is 14.2 Å². The molecule has 5 nitrogen and oxygen atoms in total. The lowest BCUT2D eigenvalue weighted by Gasteiger charge is -2.21. The maximum absolute atomic E-state index is 12.5. The van der Waals surface area contributed by atoms with E-state index in [9.17, 15) is 9.59 Å². The van der Waals surface area contributed by atoms with E-state index in [4.69, 9.17) is 4.74 Å². The molecule has 1 saturated carbocycles. The van der Waals surface area contributed by atoms with E-state index in [1.54, 1.807) is 17.9 Å². The van der Waals surface area contributed by atoms with Crippen molar-refractivity contribution < 1.29 is 14.3 Å². The molecule has 19 heavy (non-hydrogen) atoms. The first kappa shape index (κ1) is 13.6. The second-order valence-corrected chi connectivity index (χ2v) is 4.89. The van der Waals surface area contributed by atoms with E-state index in [-0.39, 0.29) is 24.5 Å². The fraction of sp³-hybridized carbons (Fsp3) is 0.571. The number of hydrogen-bond acceptors (Lipinski definition) is 3. The molecule has 2 rings (SSSR count). The van der Waals surface area contributed by atoms with Crippen molar-refractivity contribution in [3.63, 3.8) is 0 Å². The number of hydrogen-bond donors (Lipinski definition) is 0. The molecule has 0 saturated heterocycles. The van der Waals surface area contributed by atoms with Gasteiger partial charge in [0.15, 0.2) is 0 Å². The zero-order valence-electron chi connectivity index (χ0n) is 11.7. The minimum atomic E-state index is -0.339. The van der Waals surface area contributed by atoms with Gasteiger partial charge in [0.25, 0.3) is 5.91 Å². The summed E-state index contributed by atoms with van der Waals surface area (Å²) < 4.78 is 6.78. The van der Waals surface area contributed by atoms with E-state index in [0.717, 1.165) is 18.5 Å². The van der Waals surface area contributed by atoms with Gasteiger partial charge in [-0.25, -0.2) is 0 Å². The lowest BCUT2D eigenvalue weighted by atomic mass is 10.3. The number of rotatable bonds is 5. The van der Waals surface area contributed by atoms with Gasteiger partial charge >= 0.3 is 5.97 Å². The van der Waals surface area contributed by atoms with Crippen molar-refractivity contribution in [3.05, 3.63) is 23.5 Å². The Labute approximate surface area is 113 Å². The number of amides is 1. The largest absolute Gasteiger partial charge is 0.465 e. The third-order valence-corrected chi connectivity index (χ3v) is 3.45. The summed E-state index contributed by atoms with van der Waals surface area (Å²) in [5, 5.41) is 0. The summed E-state index contributed by atoms with van der Waals surface area (Å²) in [6, 6.07) is 3.90. The second-order valence-electron chi connectivity index (χ2n) is 4.89. The van der Waals surface area contributed by atoms with Gasteiger partial charge in [0.05, 0.1) is 6.61 Å². The Hall–Kier alpha value is -1.78. The second kappa shape index (κ2) is 5.47. The minimum Gasteiger partial charge on any atom is -0.465 e. The molecule has 0 aliphatic heterocycles. The first-order valence-corrected chi connectivity index (χ1v) is 6.63. The quantitative estimate of drug-likeness (QED) is 0.757. The van der Waals surface area contributed by atoms with Gasteiger partial charge in [0, 0.05) is 18.8 Å². The third kappa shape index (κ3) is 2.97. The number of nitrogens with zero attached hydrogens (tertiary/aromatic N) is 2. The predicted octanol–water partition coefficient (Wildman–Crippen LogP) is 1.50. The molecule has 0 aromatic carbocycles. The molecule has 1 aromatic rings. The third-order valence-electron chi connectivity index (χ3n) is 3.45. The maximum atomic E-state index is 12.5. The molecule has 1 aliphatic rings. The van der Waals surface area contributed by atoms with Crippen LogP contribution in [-0.2, 0) is 16.6 Å². The van der Waals surface area contributed by atoms with Gasteiger partial charge in [-0.15, -0.1) is 0 Å². The Morgan fingerprint density at radius 3 is 2.58 bits per heavy atom. The van der Waals surface area contributed by atoms with Gasteiger partial charge in [0.1, 0.15) is 12.2 Å². The average Bonchev–Trinajstić information content (AvgIpc) is 3.15. The van der Waals surface area contributed by atoms with E-state index >= 15 is 0 Å². The molecule has 104 valence electrons. The Balaban J connectivity index is 2.13. The van der Waals surface area contributed by atoms with Gasteiger partial charge in [-0.2, -0.15) is 0 Å². The Kier molecular flexibility index (Phi) is 3.93. The highest BCUT2D eigenvalue weighted by molar-refractivity contribution is 5.95. The van der Waals surface area contributed by atoms with Gasteiger partial charge in [-0.05, 0) is 38.8 Å². The van der Waals surface area contributed by atoms with Crippen LogP contribution in [0.2, 0.25) is 0 Å². The van der Waals surface area contributed by atoms with Crippen molar-refractivity contribution in [3.8, 4) is 0 Å². The van der Waals surface area contributed by atoms with Gasteiger partial charge in [-0.1, -0.05) is 0 Å². The van der Waals surface area contributed by atoms with E-state index in [2.05, 4.69) is 0 Å². The molecule has 1 amide bonds. The number of carbonyl (C=O) groups is 2. The highest BCUT2D eigenvalue weighted by Crippen LogP contribution is 2.28. The topological polar surface area (TPSA) is 51.5 Å². The van der Waals surface area contributed by atoms with Crippen molar-refractivity contribution in [2.75, 3.05) is 13.2 Å². The van der Waals surface area contributed by atoms with Gasteiger partial charge in [0.2, 0.25) is 0 Å². The SMILES string of the molecule is CCOC(=O)CN(C(=O)c1ccc(C)n1C)C1CC1. The molecule has 0 unspecified atom stereocenters. The van der Waals surface area contributed by atoms with Crippen LogP contribution >= 0.6 is 0 Å². The van der Waals surface area contributed by atoms with Crippen LogP contribution in [0.25, 0.3) is 0 Å². The van der Waals surface area contributed by atoms with Crippen LogP contribution in [0.3, 0.4) is 0 Å². The normalized spacial score (nSPS) is 14.3. The summed E-state index contributed by atoms with van der Waals surface area (Å²) >= 11 is 0. The number of aromatic nitrogens is 1. The smallest absolute Gasteiger partial charge is 0.325 e. The summed E-state index contributed by atoms with van der Waals surface area (Å²) in [7, 11) is 1.86. The van der Waals surface area contributed by atoms with Crippen LogP contribution in [0, 0.1) is 6.92 Å². The van der Waals surface area contributed by atoms with E-state index in [1.165, 1.54) is 0 Å². The monoisotopic (exact) mass is 264 g/mol. The van der Waals surface area contributed by atoms with E-state index in [1.807, 2.05) is 24.6 Å². The highest BCUT2D eigenvalue weighted by Gasteiger charge is 2.35. The van der Waals surface area contributed by atoms with E-state index in [0.29, 0.717) is 12.3 Å². The first-order chi connectivity index (χ1) is 9.04. The van der Waals surface area contributed by atoms with Crippen LogP contribution in [-0.4, -0.2) is 40.5 Å². The Morgan fingerprint density at radius 2 is 2.11 bits per heavy atom. The summed E-state index contributed by atoms with van der Waals surface area (Å²) in [6.07, 6.45) is 1.93. The number of carbonyl (C=O) groups excluding carboxylic acids is 2. The van der Waals surface area contributed by atoms with Crippen molar-refractivity contribution in [2.45, 2.75) is 32.7 Å². The number of ether oxygens (including phenoxy) is 1. The maximum Gasteiger partial charge on any atom is 0.325 e. The number of aryl methyl sites for hydroxylation is 1. The molecule has 0 radical (unpaired) electrons. The molecule has 0 atom stereocenters. The summed E-state index contributed by atoms with van der Waals surface area (Å²) in [6.45, 7) is 4.10. The molecular formula is C14H20N2O3. The fourth-order valence-electron chi connectivity index (χ4n) is 2.07. The lowest BCUT2D eigenvalue weighted by Crippen LogP contribution is -2.39. The van der Waals surface area contributed by atoms with Gasteiger partial charge in [-0.3, -0.25) is 9.59 Å². The summed E-state index contributed by atoms with van der Waals surface area (Å²) in [5.41, 5.74) is 1.64. The fourth-order valence-corrected chi connectivity index (χ4v) is 2.07. The van der Waals surface area contributed by atoms with Crippen molar-refractivity contribution in [1.29, 1.82) is 0 Å². The molecular weight excluding hydrogens is 244 g/mol. The highest BCUT2D eigenvalue weighted by atomic mass is 16.5. The van der Waals surface area contributed by atoms with Crippen LogP contribution in [0.5, 0.6) is 0 Å². The molecule has 5 heteroatoms. The molecule has 0 N–H and O–H groups in total. The summed E-state index contributed by atoms with van der Waals surface area (Å²) in [5.74, 6) is -0.431. The zero-order valence-corrected chi connectivity index (χ0v) is 11.7. The number of esters is 1. The minimum absolute atomic E-state index is 0.0432. The molecule has 0 spiro atoms. The van der Waals surface area contributed by atoms with Crippen LogP contribution in [0.1, 0.15) is 35.9 Å². The molecule has 0 bridgehead atoms. The standard InChI is InChI=1S/C14H20N2O3/c1-4-19-13(17)9-16(11-6-7-11)14(18)12-8-5-10(2)15(12)3/h5,8,11H,4,6-7,9H2,1-3H3. The molecule has 1 fully saturated rings. The van der Waals surface area contributed by atoms with Crippen molar-refractivity contribution in [1.82, 2.24) is 9.47 Å². The summed E-state index contributed by atoms with van der Waals surface area (Å²) in [4.78, 5) is 25.7. The van der Waals surface area contributed by atoms with E-state index < -0.39 is 0 Å². The Bertz CT molecular complexity index is 489. The van der Waals surface area contributed by atoms with Crippen molar-refractivity contribution in [2.24, 2.45) is 7.05 Å².